The third-order valence-corrected chi connectivity index (χ3v) is 4.36. The van der Waals surface area contributed by atoms with Gasteiger partial charge in [0.2, 0.25) is 0 Å². The first-order chi connectivity index (χ1) is 13.5. The summed E-state index contributed by atoms with van der Waals surface area (Å²) in [5.74, 6) is -0.298. The van der Waals surface area contributed by atoms with Crippen molar-refractivity contribution in [2.24, 2.45) is 4.99 Å². The van der Waals surface area contributed by atoms with Crippen LogP contribution in [0, 0.1) is 11.9 Å². The van der Waals surface area contributed by atoms with Gasteiger partial charge in [-0.1, -0.05) is 30.3 Å². The Morgan fingerprint density at radius 3 is 2.59 bits per heavy atom. The fourth-order valence-electron chi connectivity index (χ4n) is 3.25. The number of fused-ring (bicyclic) bond motifs is 2. The second kappa shape index (κ2) is 10.2. The van der Waals surface area contributed by atoms with Crippen molar-refractivity contribution in [3.8, 4) is 0 Å². The summed E-state index contributed by atoms with van der Waals surface area (Å²) in [6, 6.07) is 20.3. The molecule has 0 bridgehead atoms. The van der Waals surface area contributed by atoms with E-state index in [0.717, 1.165) is 28.5 Å². The van der Waals surface area contributed by atoms with Crippen LogP contribution in [0.3, 0.4) is 0 Å². The molecular weight excluding hydrogens is 545 g/mol. The number of aliphatic imine (C=N–C) groups is 1. The summed E-state index contributed by atoms with van der Waals surface area (Å²) in [4.78, 5) is 14.6. The molecule has 3 aromatic carbocycles. The van der Waals surface area contributed by atoms with Gasteiger partial charge in [0, 0.05) is 38.4 Å². The zero-order chi connectivity index (χ0) is 20.1. The van der Waals surface area contributed by atoms with Gasteiger partial charge in [0.05, 0.1) is 11.6 Å². The van der Waals surface area contributed by atoms with Crippen LogP contribution in [0.25, 0.3) is 10.8 Å². The first-order valence-electron chi connectivity index (χ1n) is 9.07. The Hall–Kier alpha value is -2.62. The Bertz CT molecular complexity index is 1090. The first-order valence-corrected chi connectivity index (χ1v) is 9.07. The maximum atomic E-state index is 14.5. The molecule has 1 aliphatic rings. The fraction of sp³-hybridized carbons (Fsp3) is 0.167. The van der Waals surface area contributed by atoms with Gasteiger partial charge in [0.15, 0.2) is 5.78 Å². The SMILES string of the molecule is CC(=O)/C=C(/C)O.Fc1ccc2ccc[c-]c2c1C1=NCCc2ccccc21.[Ir]. The van der Waals surface area contributed by atoms with Gasteiger partial charge in [0.25, 0.3) is 0 Å². The molecule has 0 saturated carbocycles. The van der Waals surface area contributed by atoms with Gasteiger partial charge in [0.1, 0.15) is 0 Å². The number of halogens is 1. The van der Waals surface area contributed by atoms with Crippen molar-refractivity contribution in [1.82, 2.24) is 0 Å². The Labute approximate surface area is 183 Å². The van der Waals surface area contributed by atoms with Crippen LogP contribution in [0.1, 0.15) is 30.5 Å². The minimum absolute atomic E-state index is 0. The average molecular weight is 567 g/mol. The topological polar surface area (TPSA) is 49.7 Å². The smallest absolute Gasteiger partial charge is 0.155 e. The van der Waals surface area contributed by atoms with Crippen molar-refractivity contribution in [1.29, 1.82) is 0 Å². The summed E-state index contributed by atoms with van der Waals surface area (Å²) in [6.07, 6.45) is 2.08. The molecule has 1 heterocycles. The van der Waals surface area contributed by atoms with Crippen molar-refractivity contribution in [2.75, 3.05) is 6.54 Å². The van der Waals surface area contributed by atoms with E-state index in [4.69, 9.17) is 5.11 Å². The first kappa shape index (κ1) is 22.7. The predicted octanol–water partition coefficient (Wildman–Crippen LogP) is 5.21. The van der Waals surface area contributed by atoms with Crippen LogP contribution in [0.2, 0.25) is 0 Å². The second-order valence-electron chi connectivity index (χ2n) is 6.59. The number of ketones is 1. The zero-order valence-corrected chi connectivity index (χ0v) is 18.6. The van der Waals surface area contributed by atoms with Gasteiger partial charge in [-0.2, -0.15) is 0 Å². The minimum Gasteiger partial charge on any atom is -0.512 e. The monoisotopic (exact) mass is 567 g/mol. The largest absolute Gasteiger partial charge is 0.512 e. The van der Waals surface area contributed by atoms with E-state index in [-0.39, 0.29) is 37.5 Å². The predicted molar refractivity (Wildman–Crippen MR) is 110 cm³/mol. The molecule has 0 atom stereocenters. The molecule has 0 spiro atoms. The number of aliphatic hydroxyl groups excluding tert-OH is 1. The van der Waals surface area contributed by atoms with Crippen LogP contribution in [0.5, 0.6) is 0 Å². The molecule has 0 amide bonds. The molecule has 1 aliphatic heterocycles. The number of carbonyl (C=O) groups is 1. The number of hydrogen-bond donors (Lipinski definition) is 1. The maximum Gasteiger partial charge on any atom is 0.155 e. The van der Waals surface area contributed by atoms with Crippen molar-refractivity contribution < 1.29 is 34.4 Å². The second-order valence-corrected chi connectivity index (χ2v) is 6.59. The van der Waals surface area contributed by atoms with E-state index in [1.54, 1.807) is 6.07 Å². The number of hydrogen-bond acceptors (Lipinski definition) is 3. The molecule has 4 rings (SSSR count). The van der Waals surface area contributed by atoms with Crippen molar-refractivity contribution in [3.63, 3.8) is 0 Å². The van der Waals surface area contributed by atoms with Crippen molar-refractivity contribution in [3.05, 3.63) is 95.0 Å². The third-order valence-electron chi connectivity index (χ3n) is 4.36. The zero-order valence-electron chi connectivity index (χ0n) is 16.2. The molecule has 1 radical (unpaired) electrons. The maximum absolute atomic E-state index is 14.5. The van der Waals surface area contributed by atoms with Gasteiger partial charge in [-0.3, -0.25) is 9.79 Å². The number of nitrogens with zero attached hydrogens (tertiary/aromatic N) is 1. The third kappa shape index (κ3) is 5.47. The van der Waals surface area contributed by atoms with Gasteiger partial charge in [-0.25, -0.2) is 4.39 Å². The summed E-state index contributed by atoms with van der Waals surface area (Å²) in [5, 5.41) is 10.1. The summed E-state index contributed by atoms with van der Waals surface area (Å²) < 4.78 is 14.5. The molecule has 1 N–H and O–H groups in total. The number of allylic oxidation sites excluding steroid dienone is 2. The normalized spacial score (nSPS) is 12.8. The summed E-state index contributed by atoms with van der Waals surface area (Å²) in [6.45, 7) is 3.55. The van der Waals surface area contributed by atoms with E-state index >= 15 is 0 Å². The standard InChI is InChI=1S/C19H13FN.C5H8O2.Ir/c20-17-10-9-13-5-1-3-7-15(13)18(17)19-16-8-4-2-6-14(16)11-12-21-19;1-4(6)3-5(2)7;/h1-6,8-10H,11-12H2;3,6H,1-2H3;/q-1;;/b;4-3-;. The Kier molecular flexibility index (Phi) is 8.00. The van der Waals surface area contributed by atoms with Crippen LogP contribution in [0.15, 0.2) is 71.4 Å². The molecule has 0 aromatic heterocycles. The van der Waals surface area contributed by atoms with E-state index in [1.807, 2.05) is 36.4 Å². The van der Waals surface area contributed by atoms with Crippen LogP contribution in [0.4, 0.5) is 4.39 Å². The quantitative estimate of drug-likeness (QED) is 0.263. The van der Waals surface area contributed by atoms with Gasteiger partial charge in [-0.05, 0) is 43.0 Å². The summed E-state index contributed by atoms with van der Waals surface area (Å²) >= 11 is 0. The molecule has 0 saturated heterocycles. The van der Waals surface area contributed by atoms with Crippen LogP contribution in [-0.4, -0.2) is 23.1 Å². The minimum atomic E-state index is -0.236. The average Bonchev–Trinajstić information content (AvgIpc) is 2.67. The van der Waals surface area contributed by atoms with Crippen LogP contribution < -0.4 is 0 Å². The number of benzene rings is 3. The molecule has 0 unspecified atom stereocenters. The van der Waals surface area contributed by atoms with Gasteiger partial charge >= 0.3 is 0 Å². The molecule has 0 aliphatic carbocycles. The Morgan fingerprint density at radius 2 is 1.90 bits per heavy atom. The van der Waals surface area contributed by atoms with E-state index in [1.165, 1.54) is 31.6 Å². The van der Waals surface area contributed by atoms with Crippen LogP contribution in [-0.2, 0) is 31.3 Å². The van der Waals surface area contributed by atoms with Gasteiger partial charge in [-0.15, -0.1) is 35.0 Å². The van der Waals surface area contributed by atoms with E-state index in [2.05, 4.69) is 17.1 Å². The van der Waals surface area contributed by atoms with Crippen LogP contribution >= 0.6 is 0 Å². The Balaban J connectivity index is 0.000000327. The fourth-order valence-corrected chi connectivity index (χ4v) is 3.25. The van der Waals surface area contributed by atoms with Gasteiger partial charge < -0.3 is 5.11 Å². The molecule has 29 heavy (non-hydrogen) atoms. The number of rotatable bonds is 2. The molecule has 5 heteroatoms. The van der Waals surface area contributed by atoms with Crippen molar-refractivity contribution in [2.45, 2.75) is 20.3 Å². The Morgan fingerprint density at radius 1 is 1.14 bits per heavy atom. The van der Waals surface area contributed by atoms with E-state index < -0.39 is 0 Å². The number of carbonyl (C=O) groups excluding carboxylic acids is 1. The number of aliphatic hydroxyl groups is 1. The molecular formula is C24H21FIrNO2-. The van der Waals surface area contributed by atoms with E-state index in [0.29, 0.717) is 12.1 Å². The molecule has 0 fully saturated rings. The van der Waals surface area contributed by atoms with E-state index in [9.17, 15) is 9.18 Å². The summed E-state index contributed by atoms with van der Waals surface area (Å²) in [7, 11) is 0. The van der Waals surface area contributed by atoms with Crippen molar-refractivity contribution >= 4 is 22.3 Å². The molecule has 3 aromatic rings. The molecule has 3 nitrogen and oxygen atoms in total. The molecule has 151 valence electrons. The summed E-state index contributed by atoms with van der Waals surface area (Å²) in [5.41, 5.74) is 3.59.